The molecule has 0 saturated heterocycles. The second-order valence-electron chi connectivity index (χ2n) is 5.61. The Balaban J connectivity index is 1.73. The number of halogens is 1. The van der Waals surface area contributed by atoms with Crippen molar-refractivity contribution in [3.8, 4) is 0 Å². The van der Waals surface area contributed by atoms with Gasteiger partial charge in [0, 0.05) is 22.5 Å². The van der Waals surface area contributed by atoms with E-state index in [1.54, 1.807) is 6.07 Å². The topological polar surface area (TPSA) is 72.2 Å². The minimum absolute atomic E-state index is 0.0100. The van der Waals surface area contributed by atoms with E-state index in [0.29, 0.717) is 22.0 Å². The Kier molecular flexibility index (Phi) is 3.50. The standard InChI is InChI=1S/C14H15BrN2O3/c15-11-7-10(17(19)20)5-6-12(11)16-14(18)13(8-1-2-8)9-3-4-9/h5-9,13H,1-4H2,(H,16,18). The molecule has 0 unspecified atom stereocenters. The van der Waals surface area contributed by atoms with Gasteiger partial charge in [-0.2, -0.15) is 0 Å². The number of carbonyl (C=O) groups excluding carboxylic acids is 1. The van der Waals surface area contributed by atoms with Crippen LogP contribution in [0, 0.1) is 27.9 Å². The van der Waals surface area contributed by atoms with E-state index in [1.807, 2.05) is 0 Å². The summed E-state index contributed by atoms with van der Waals surface area (Å²) in [5, 5.41) is 13.6. The predicted molar refractivity (Wildman–Crippen MR) is 78.4 cm³/mol. The van der Waals surface area contributed by atoms with E-state index in [9.17, 15) is 14.9 Å². The van der Waals surface area contributed by atoms with Crippen LogP contribution in [0.25, 0.3) is 0 Å². The predicted octanol–water partition coefficient (Wildman–Crippen LogP) is 3.73. The molecule has 6 heteroatoms. The van der Waals surface area contributed by atoms with Gasteiger partial charge in [0.1, 0.15) is 0 Å². The largest absolute Gasteiger partial charge is 0.325 e. The monoisotopic (exact) mass is 338 g/mol. The van der Waals surface area contributed by atoms with Crippen LogP contribution in [0.5, 0.6) is 0 Å². The normalized spacial score (nSPS) is 18.1. The van der Waals surface area contributed by atoms with Crippen LogP contribution in [-0.2, 0) is 4.79 Å². The minimum atomic E-state index is -0.451. The summed E-state index contributed by atoms with van der Waals surface area (Å²) in [6.45, 7) is 0. The number of amides is 1. The molecule has 2 fully saturated rings. The summed E-state index contributed by atoms with van der Waals surface area (Å²) >= 11 is 3.28. The molecule has 2 saturated carbocycles. The molecule has 0 bridgehead atoms. The highest BCUT2D eigenvalue weighted by molar-refractivity contribution is 9.10. The molecule has 0 atom stereocenters. The SMILES string of the molecule is O=C(Nc1ccc([N+](=O)[O-])cc1Br)C(C1CC1)C1CC1. The number of nitro groups is 1. The molecule has 0 heterocycles. The van der Waals surface area contributed by atoms with Crippen LogP contribution in [0.1, 0.15) is 25.7 Å². The quantitative estimate of drug-likeness (QED) is 0.656. The number of rotatable bonds is 5. The second kappa shape index (κ2) is 5.16. The second-order valence-corrected chi connectivity index (χ2v) is 6.47. The molecule has 1 N–H and O–H groups in total. The highest BCUT2D eigenvalue weighted by atomic mass is 79.9. The zero-order chi connectivity index (χ0) is 14.3. The van der Waals surface area contributed by atoms with E-state index >= 15 is 0 Å². The number of hydrogen-bond donors (Lipinski definition) is 1. The van der Waals surface area contributed by atoms with Gasteiger partial charge in [-0.05, 0) is 59.5 Å². The fraction of sp³-hybridized carbons (Fsp3) is 0.500. The molecule has 20 heavy (non-hydrogen) atoms. The van der Waals surface area contributed by atoms with Crippen molar-refractivity contribution < 1.29 is 9.72 Å². The van der Waals surface area contributed by atoms with E-state index in [4.69, 9.17) is 0 Å². The molecule has 0 aliphatic heterocycles. The Morgan fingerprint density at radius 2 is 1.90 bits per heavy atom. The summed E-state index contributed by atoms with van der Waals surface area (Å²) in [5.74, 6) is 1.26. The smallest absolute Gasteiger partial charge is 0.270 e. The van der Waals surface area contributed by atoms with E-state index in [1.165, 1.54) is 12.1 Å². The highest BCUT2D eigenvalue weighted by Crippen LogP contribution is 2.49. The molecule has 0 aromatic heterocycles. The first-order chi connectivity index (χ1) is 9.56. The average molecular weight is 339 g/mol. The van der Waals surface area contributed by atoms with Gasteiger partial charge in [-0.25, -0.2) is 0 Å². The number of benzene rings is 1. The number of carbonyl (C=O) groups is 1. The van der Waals surface area contributed by atoms with Crippen molar-refractivity contribution in [3.63, 3.8) is 0 Å². The summed E-state index contributed by atoms with van der Waals surface area (Å²) in [5.41, 5.74) is 0.614. The maximum Gasteiger partial charge on any atom is 0.270 e. The van der Waals surface area contributed by atoms with Crippen LogP contribution in [0.15, 0.2) is 22.7 Å². The molecule has 0 spiro atoms. The molecular weight excluding hydrogens is 324 g/mol. The molecule has 1 aromatic carbocycles. The van der Waals surface area contributed by atoms with Gasteiger partial charge >= 0.3 is 0 Å². The fourth-order valence-electron chi connectivity index (χ4n) is 2.66. The maximum atomic E-state index is 12.4. The van der Waals surface area contributed by atoms with E-state index < -0.39 is 4.92 Å². The third-order valence-corrected chi connectivity index (χ3v) is 4.64. The number of non-ortho nitro benzene ring substituents is 1. The minimum Gasteiger partial charge on any atom is -0.325 e. The Bertz CT molecular complexity index is 556. The highest BCUT2D eigenvalue weighted by Gasteiger charge is 2.45. The van der Waals surface area contributed by atoms with Crippen molar-refractivity contribution in [1.29, 1.82) is 0 Å². The first kappa shape index (κ1) is 13.5. The van der Waals surface area contributed by atoms with Gasteiger partial charge in [-0.3, -0.25) is 14.9 Å². The zero-order valence-electron chi connectivity index (χ0n) is 10.8. The molecule has 0 radical (unpaired) electrons. The number of nitrogens with one attached hydrogen (secondary N) is 1. The summed E-state index contributed by atoms with van der Waals surface area (Å²) < 4.78 is 0.547. The van der Waals surface area contributed by atoms with Crippen molar-refractivity contribution >= 4 is 33.2 Å². The van der Waals surface area contributed by atoms with Crippen LogP contribution in [0.4, 0.5) is 11.4 Å². The zero-order valence-corrected chi connectivity index (χ0v) is 12.4. The van der Waals surface area contributed by atoms with Gasteiger partial charge in [0.15, 0.2) is 0 Å². The fourth-order valence-corrected chi connectivity index (χ4v) is 3.12. The number of anilines is 1. The van der Waals surface area contributed by atoms with Crippen LogP contribution < -0.4 is 5.32 Å². The molecule has 2 aliphatic rings. The Labute approximate surface area is 125 Å². The van der Waals surface area contributed by atoms with Crippen LogP contribution in [0.2, 0.25) is 0 Å². The number of nitrogens with zero attached hydrogens (tertiary/aromatic N) is 1. The third kappa shape index (κ3) is 2.85. The van der Waals surface area contributed by atoms with Gasteiger partial charge in [0.05, 0.1) is 10.6 Å². The summed E-state index contributed by atoms with van der Waals surface area (Å²) in [6.07, 6.45) is 4.60. The Morgan fingerprint density at radius 3 is 2.35 bits per heavy atom. The maximum absolute atomic E-state index is 12.4. The molecule has 1 amide bonds. The van der Waals surface area contributed by atoms with Crippen molar-refractivity contribution in [1.82, 2.24) is 0 Å². The lowest BCUT2D eigenvalue weighted by Gasteiger charge is -2.16. The lowest BCUT2D eigenvalue weighted by atomic mass is 9.97. The Hall–Kier alpha value is -1.43. The molecule has 5 nitrogen and oxygen atoms in total. The van der Waals surface area contributed by atoms with Gasteiger partial charge < -0.3 is 5.32 Å². The van der Waals surface area contributed by atoms with Crippen LogP contribution >= 0.6 is 15.9 Å². The van der Waals surface area contributed by atoms with Gasteiger partial charge in [-0.15, -0.1) is 0 Å². The van der Waals surface area contributed by atoms with Crippen LogP contribution in [0.3, 0.4) is 0 Å². The lowest BCUT2D eigenvalue weighted by molar-refractivity contribution is -0.384. The van der Waals surface area contributed by atoms with Crippen molar-refractivity contribution in [2.75, 3.05) is 5.32 Å². The van der Waals surface area contributed by atoms with Crippen molar-refractivity contribution in [2.45, 2.75) is 25.7 Å². The van der Waals surface area contributed by atoms with Crippen molar-refractivity contribution in [3.05, 3.63) is 32.8 Å². The van der Waals surface area contributed by atoms with Gasteiger partial charge in [0.2, 0.25) is 5.91 Å². The number of nitro benzene ring substituents is 1. The van der Waals surface area contributed by atoms with Gasteiger partial charge in [-0.1, -0.05) is 0 Å². The third-order valence-electron chi connectivity index (χ3n) is 3.98. The average Bonchev–Trinajstić information content (AvgIpc) is 3.25. The summed E-state index contributed by atoms with van der Waals surface area (Å²) in [7, 11) is 0. The molecule has 106 valence electrons. The summed E-state index contributed by atoms with van der Waals surface area (Å²) in [4.78, 5) is 22.6. The molecule has 3 rings (SSSR count). The van der Waals surface area contributed by atoms with E-state index in [2.05, 4.69) is 21.2 Å². The number of hydrogen-bond acceptors (Lipinski definition) is 3. The van der Waals surface area contributed by atoms with E-state index in [-0.39, 0.29) is 17.5 Å². The molecular formula is C14H15BrN2O3. The molecule has 2 aliphatic carbocycles. The lowest BCUT2D eigenvalue weighted by Crippen LogP contribution is -2.26. The van der Waals surface area contributed by atoms with Gasteiger partial charge in [0.25, 0.3) is 5.69 Å². The first-order valence-corrected chi connectivity index (χ1v) is 7.60. The Morgan fingerprint density at radius 1 is 1.30 bits per heavy atom. The van der Waals surface area contributed by atoms with Crippen molar-refractivity contribution in [2.24, 2.45) is 17.8 Å². The van der Waals surface area contributed by atoms with E-state index in [0.717, 1.165) is 25.7 Å². The first-order valence-electron chi connectivity index (χ1n) is 6.81. The van der Waals surface area contributed by atoms with Crippen LogP contribution in [-0.4, -0.2) is 10.8 Å². The molecule has 1 aromatic rings. The summed E-state index contributed by atoms with van der Waals surface area (Å²) in [6, 6.07) is 4.40.